The number of rotatable bonds is 11. The topological polar surface area (TPSA) is 68.8 Å². The van der Waals surface area contributed by atoms with E-state index < -0.39 is 0 Å². The van der Waals surface area contributed by atoms with E-state index in [4.69, 9.17) is 26.4 Å². The highest BCUT2D eigenvalue weighted by Gasteiger charge is 2.09. The minimum absolute atomic E-state index is 0.209. The van der Waals surface area contributed by atoms with Gasteiger partial charge in [0.15, 0.2) is 5.11 Å². The van der Waals surface area contributed by atoms with Crippen LogP contribution in [0, 0.1) is 5.92 Å². The summed E-state index contributed by atoms with van der Waals surface area (Å²) in [5.41, 5.74) is 1.21. The molecule has 0 heterocycles. The molecule has 3 aromatic carbocycles. The second-order valence-electron chi connectivity index (χ2n) is 8.00. The summed E-state index contributed by atoms with van der Waals surface area (Å²) in [7, 11) is 0. The van der Waals surface area contributed by atoms with Crippen molar-refractivity contribution in [2.45, 2.75) is 20.3 Å². The number of hydrogen-bond donors (Lipinski definition) is 2. The molecule has 0 aromatic heterocycles. The first-order valence-electron chi connectivity index (χ1n) is 11.3. The number of ether oxygens (including phenoxy) is 3. The molecule has 0 spiro atoms. The smallest absolute Gasteiger partial charge is 0.257 e. The van der Waals surface area contributed by atoms with Gasteiger partial charge in [-0.15, -0.1) is 0 Å². The maximum absolute atomic E-state index is 12.6. The molecule has 0 fully saturated rings. The van der Waals surface area contributed by atoms with Crippen molar-refractivity contribution in [2.24, 2.45) is 5.92 Å². The number of carbonyl (C=O) groups excluding carboxylic acids is 1. The average molecular weight is 479 g/mol. The number of nitrogens with one attached hydrogen (secondary N) is 2. The van der Waals surface area contributed by atoms with Crippen molar-refractivity contribution in [2.75, 3.05) is 25.1 Å². The van der Waals surface area contributed by atoms with Gasteiger partial charge in [0.2, 0.25) is 0 Å². The molecule has 0 aliphatic heterocycles. The van der Waals surface area contributed by atoms with Crippen molar-refractivity contribution < 1.29 is 19.0 Å². The monoisotopic (exact) mass is 478 g/mol. The summed E-state index contributed by atoms with van der Waals surface area (Å²) < 4.78 is 17.0. The van der Waals surface area contributed by atoms with Crippen LogP contribution in [0.3, 0.4) is 0 Å². The van der Waals surface area contributed by atoms with Crippen LogP contribution in [-0.2, 0) is 0 Å². The summed E-state index contributed by atoms with van der Waals surface area (Å²) in [6.07, 6.45) is 1.00. The molecule has 0 atom stereocenters. The lowest BCUT2D eigenvalue weighted by Gasteiger charge is -2.12. The molecule has 0 aliphatic rings. The second-order valence-corrected chi connectivity index (χ2v) is 8.41. The molecule has 0 unspecified atom stereocenters. The highest BCUT2D eigenvalue weighted by atomic mass is 32.1. The van der Waals surface area contributed by atoms with E-state index >= 15 is 0 Å². The van der Waals surface area contributed by atoms with E-state index in [0.29, 0.717) is 37.1 Å². The molecule has 0 saturated heterocycles. The van der Waals surface area contributed by atoms with Gasteiger partial charge in [0.25, 0.3) is 5.91 Å². The summed E-state index contributed by atoms with van der Waals surface area (Å²) in [6, 6.07) is 23.9. The van der Waals surface area contributed by atoms with Crippen LogP contribution in [0.1, 0.15) is 30.6 Å². The van der Waals surface area contributed by atoms with Crippen molar-refractivity contribution in [1.29, 1.82) is 0 Å². The van der Waals surface area contributed by atoms with Gasteiger partial charge in [0, 0.05) is 11.3 Å². The fraction of sp³-hybridized carbons (Fsp3) is 0.259. The van der Waals surface area contributed by atoms with Crippen molar-refractivity contribution in [3.63, 3.8) is 0 Å². The third-order valence-corrected chi connectivity index (χ3v) is 4.97. The SMILES string of the molecule is CC(C)CCOc1ccc(NC(=S)NC(=O)c2cccc(OCCOc3ccccc3)c2)cc1. The van der Waals surface area contributed by atoms with Crippen LogP contribution in [0.15, 0.2) is 78.9 Å². The predicted octanol–water partition coefficient (Wildman–Crippen LogP) is 5.70. The summed E-state index contributed by atoms with van der Waals surface area (Å²) >= 11 is 5.29. The number of carbonyl (C=O) groups is 1. The third-order valence-electron chi connectivity index (χ3n) is 4.76. The lowest BCUT2D eigenvalue weighted by molar-refractivity contribution is 0.0977. The summed E-state index contributed by atoms with van der Waals surface area (Å²) in [5, 5.41) is 5.91. The van der Waals surface area contributed by atoms with E-state index in [1.54, 1.807) is 24.3 Å². The fourth-order valence-corrected chi connectivity index (χ4v) is 3.16. The Kier molecular flexibility index (Phi) is 9.73. The normalized spacial score (nSPS) is 10.4. The quantitative estimate of drug-likeness (QED) is 0.272. The van der Waals surface area contributed by atoms with Gasteiger partial charge < -0.3 is 19.5 Å². The fourth-order valence-electron chi connectivity index (χ4n) is 2.95. The summed E-state index contributed by atoms with van der Waals surface area (Å²) in [5.74, 6) is 2.44. The standard InChI is InChI=1S/C27H30N2O4S/c1-20(2)15-16-31-24-13-11-22(12-14-24)28-27(34)29-26(30)21-7-6-10-25(19-21)33-18-17-32-23-8-4-3-5-9-23/h3-14,19-20H,15-18H2,1-2H3,(H2,28,29,30,34). The van der Waals surface area contributed by atoms with Gasteiger partial charge in [-0.25, -0.2) is 0 Å². The van der Waals surface area contributed by atoms with Gasteiger partial charge in [-0.2, -0.15) is 0 Å². The van der Waals surface area contributed by atoms with E-state index in [1.807, 2.05) is 54.6 Å². The predicted molar refractivity (Wildman–Crippen MR) is 139 cm³/mol. The van der Waals surface area contributed by atoms with Crippen LogP contribution in [-0.4, -0.2) is 30.8 Å². The molecule has 2 N–H and O–H groups in total. The Morgan fingerprint density at radius 3 is 2.12 bits per heavy atom. The van der Waals surface area contributed by atoms with Gasteiger partial charge in [-0.3, -0.25) is 10.1 Å². The third kappa shape index (κ3) is 8.75. The molecule has 34 heavy (non-hydrogen) atoms. The average Bonchev–Trinajstić information content (AvgIpc) is 2.83. The van der Waals surface area contributed by atoms with Crippen LogP contribution >= 0.6 is 12.2 Å². The largest absolute Gasteiger partial charge is 0.494 e. The minimum Gasteiger partial charge on any atom is -0.494 e. The Hall–Kier alpha value is -3.58. The molecule has 0 bridgehead atoms. The lowest BCUT2D eigenvalue weighted by Crippen LogP contribution is -2.34. The maximum atomic E-state index is 12.6. The van der Waals surface area contributed by atoms with E-state index in [9.17, 15) is 4.79 Å². The van der Waals surface area contributed by atoms with E-state index in [1.165, 1.54) is 0 Å². The summed E-state index contributed by atoms with van der Waals surface area (Å²) in [6.45, 7) is 5.77. The summed E-state index contributed by atoms with van der Waals surface area (Å²) in [4.78, 5) is 12.6. The Morgan fingerprint density at radius 1 is 0.794 bits per heavy atom. The Labute approximate surface area is 206 Å². The zero-order valence-corrected chi connectivity index (χ0v) is 20.3. The van der Waals surface area contributed by atoms with Gasteiger partial charge >= 0.3 is 0 Å². The van der Waals surface area contributed by atoms with Crippen LogP contribution in [0.25, 0.3) is 0 Å². The molecular weight excluding hydrogens is 448 g/mol. The molecule has 1 amide bonds. The van der Waals surface area contributed by atoms with E-state index in [-0.39, 0.29) is 11.0 Å². The van der Waals surface area contributed by atoms with Gasteiger partial charge in [0.1, 0.15) is 30.5 Å². The number of anilines is 1. The molecule has 0 radical (unpaired) electrons. The number of thiocarbonyl (C=S) groups is 1. The zero-order valence-electron chi connectivity index (χ0n) is 19.5. The van der Waals surface area contributed by atoms with Crippen molar-refractivity contribution in [3.8, 4) is 17.2 Å². The second kappa shape index (κ2) is 13.2. The molecular formula is C27H30N2O4S. The maximum Gasteiger partial charge on any atom is 0.257 e. The first kappa shape index (κ1) is 25.1. The molecule has 0 saturated carbocycles. The Balaban J connectivity index is 1.43. The van der Waals surface area contributed by atoms with Gasteiger partial charge in [-0.05, 0) is 79.2 Å². The van der Waals surface area contributed by atoms with Crippen LogP contribution < -0.4 is 24.8 Å². The number of para-hydroxylation sites is 1. The van der Waals surface area contributed by atoms with Crippen molar-refractivity contribution in [3.05, 3.63) is 84.4 Å². The van der Waals surface area contributed by atoms with E-state index in [2.05, 4.69) is 24.5 Å². The van der Waals surface area contributed by atoms with Gasteiger partial charge in [-0.1, -0.05) is 38.1 Å². The Bertz CT molecular complexity index is 1060. The van der Waals surface area contributed by atoms with Crippen LogP contribution in [0.4, 0.5) is 5.69 Å². The van der Waals surface area contributed by atoms with Crippen molar-refractivity contribution in [1.82, 2.24) is 5.32 Å². The highest BCUT2D eigenvalue weighted by Crippen LogP contribution is 2.17. The zero-order chi connectivity index (χ0) is 24.2. The molecule has 6 nitrogen and oxygen atoms in total. The van der Waals surface area contributed by atoms with Crippen LogP contribution in [0.5, 0.6) is 17.2 Å². The Morgan fingerprint density at radius 2 is 1.41 bits per heavy atom. The van der Waals surface area contributed by atoms with E-state index in [0.717, 1.165) is 23.6 Å². The molecule has 178 valence electrons. The number of benzene rings is 3. The molecule has 3 aromatic rings. The number of hydrogen-bond acceptors (Lipinski definition) is 5. The minimum atomic E-state index is -0.322. The number of amides is 1. The van der Waals surface area contributed by atoms with Crippen molar-refractivity contribution >= 4 is 28.9 Å². The highest BCUT2D eigenvalue weighted by molar-refractivity contribution is 7.80. The van der Waals surface area contributed by atoms with Crippen LogP contribution in [0.2, 0.25) is 0 Å². The van der Waals surface area contributed by atoms with Gasteiger partial charge in [0.05, 0.1) is 6.61 Å². The molecule has 7 heteroatoms. The molecule has 0 aliphatic carbocycles. The first-order valence-corrected chi connectivity index (χ1v) is 11.7. The molecule has 3 rings (SSSR count). The first-order chi connectivity index (χ1) is 16.5. The lowest BCUT2D eigenvalue weighted by atomic mass is 10.1.